The minimum Gasteiger partial charge on any atom is -0.388 e. The Labute approximate surface area is 178 Å². The summed E-state index contributed by atoms with van der Waals surface area (Å²) >= 11 is 0. The van der Waals surface area contributed by atoms with Gasteiger partial charge >= 0.3 is 0 Å². The molecule has 3 heterocycles. The van der Waals surface area contributed by atoms with Crippen molar-refractivity contribution >= 4 is 0 Å². The fraction of sp³-hybridized carbons (Fsp3) is 1.00. The Hall–Kier alpha value is -0.520. The maximum atomic E-state index is 10.6. The third-order valence-corrected chi connectivity index (χ3v) is 5.96. The summed E-state index contributed by atoms with van der Waals surface area (Å²) in [4.78, 5) is 0. The molecule has 0 unspecified atom stereocenters. The van der Waals surface area contributed by atoms with E-state index in [4.69, 9.17) is 23.7 Å². The van der Waals surface area contributed by atoms with E-state index in [1.165, 1.54) is 20.8 Å². The lowest BCUT2D eigenvalue weighted by Gasteiger charge is -2.47. The van der Waals surface area contributed by atoms with Gasteiger partial charge in [-0.3, -0.25) is 0 Å². The molecule has 13 nitrogen and oxygen atoms in total. The molecule has 0 saturated carbocycles. The van der Waals surface area contributed by atoms with E-state index in [2.05, 4.69) is 0 Å². The van der Waals surface area contributed by atoms with Crippen molar-refractivity contribution < 1.29 is 64.5 Å². The van der Waals surface area contributed by atoms with E-state index >= 15 is 0 Å². The molecular weight excluding hydrogens is 424 g/mol. The van der Waals surface area contributed by atoms with Gasteiger partial charge in [0.05, 0.1) is 18.3 Å². The minimum absolute atomic E-state index is 0.864. The summed E-state index contributed by atoms with van der Waals surface area (Å²) in [6.45, 7) is 4.44. The monoisotopic (exact) mass is 456 g/mol. The molecule has 0 radical (unpaired) electrons. The van der Waals surface area contributed by atoms with Gasteiger partial charge in [-0.1, -0.05) is 0 Å². The highest BCUT2D eigenvalue weighted by Crippen LogP contribution is 2.31. The Balaban J connectivity index is 1.65. The first kappa shape index (κ1) is 25.1. The van der Waals surface area contributed by atoms with Gasteiger partial charge < -0.3 is 64.5 Å². The Bertz CT molecular complexity index is 595. The van der Waals surface area contributed by atoms with Gasteiger partial charge in [0.15, 0.2) is 18.9 Å². The van der Waals surface area contributed by atoms with Crippen molar-refractivity contribution in [3.8, 4) is 0 Å². The first-order chi connectivity index (χ1) is 14.4. The smallest absolute Gasteiger partial charge is 0.187 e. The first-order valence-corrected chi connectivity index (χ1v) is 10.2. The lowest BCUT2D eigenvalue weighted by atomic mass is 9.96. The third kappa shape index (κ3) is 4.89. The zero-order chi connectivity index (χ0) is 23.2. The molecule has 31 heavy (non-hydrogen) atoms. The number of hydrogen-bond acceptors (Lipinski definition) is 13. The highest BCUT2D eigenvalue weighted by atomic mass is 16.7. The van der Waals surface area contributed by atoms with Crippen LogP contribution in [0.3, 0.4) is 0 Å². The Morgan fingerprint density at radius 1 is 0.452 bits per heavy atom. The highest BCUT2D eigenvalue weighted by Gasteiger charge is 2.51. The standard InChI is InChI=1S/C18H32O13/c1-4-7(19)8(20)12(24)17(28-4)31-15-6(3)29-18(13(25)10(15)22)30-14-5(2)27-16(26)11(23)9(14)21/h4-26H,1-3H3/t4-,5-,6-,7-,8+,9-,10-,11+,12+,13+,14-,15-,16+,17+,18+/m0/s1. The van der Waals surface area contributed by atoms with Crippen molar-refractivity contribution in [1.82, 2.24) is 0 Å². The van der Waals surface area contributed by atoms with E-state index in [-0.39, 0.29) is 0 Å². The van der Waals surface area contributed by atoms with Crippen LogP contribution in [0, 0.1) is 0 Å². The predicted molar refractivity (Wildman–Crippen MR) is 97.0 cm³/mol. The molecule has 0 aromatic carbocycles. The van der Waals surface area contributed by atoms with Crippen molar-refractivity contribution in [3.63, 3.8) is 0 Å². The lowest BCUT2D eigenvalue weighted by molar-refractivity contribution is -0.370. The summed E-state index contributed by atoms with van der Waals surface area (Å²) < 4.78 is 27.1. The van der Waals surface area contributed by atoms with Crippen molar-refractivity contribution in [3.05, 3.63) is 0 Å². The molecule has 0 aliphatic carbocycles. The van der Waals surface area contributed by atoms with Crippen LogP contribution in [0.2, 0.25) is 0 Å². The summed E-state index contributed by atoms with van der Waals surface area (Å²) in [7, 11) is 0. The topological polar surface area (TPSA) is 208 Å². The van der Waals surface area contributed by atoms with Crippen molar-refractivity contribution in [2.75, 3.05) is 0 Å². The fourth-order valence-electron chi connectivity index (χ4n) is 3.95. The van der Waals surface area contributed by atoms with E-state index in [1.807, 2.05) is 0 Å². The molecule has 3 aliphatic rings. The zero-order valence-corrected chi connectivity index (χ0v) is 17.3. The van der Waals surface area contributed by atoms with Crippen LogP contribution in [0.1, 0.15) is 20.8 Å². The average molecular weight is 456 g/mol. The van der Waals surface area contributed by atoms with Crippen LogP contribution in [0.15, 0.2) is 0 Å². The van der Waals surface area contributed by atoms with Crippen LogP contribution in [0.25, 0.3) is 0 Å². The van der Waals surface area contributed by atoms with Crippen LogP contribution in [0.5, 0.6) is 0 Å². The van der Waals surface area contributed by atoms with E-state index in [1.54, 1.807) is 0 Å². The lowest BCUT2D eigenvalue weighted by Crippen LogP contribution is -2.65. The Morgan fingerprint density at radius 2 is 0.871 bits per heavy atom. The normalized spacial score (nSPS) is 56.4. The molecule has 3 rings (SSSR count). The molecule has 0 aromatic heterocycles. The third-order valence-electron chi connectivity index (χ3n) is 5.96. The van der Waals surface area contributed by atoms with E-state index in [9.17, 15) is 40.9 Å². The molecule has 0 amide bonds. The number of rotatable bonds is 4. The maximum absolute atomic E-state index is 10.6. The van der Waals surface area contributed by atoms with Gasteiger partial charge in [0.1, 0.15) is 54.9 Å². The molecule has 182 valence electrons. The second-order valence-electron chi connectivity index (χ2n) is 8.29. The van der Waals surface area contributed by atoms with Crippen molar-refractivity contribution in [1.29, 1.82) is 0 Å². The van der Waals surface area contributed by atoms with Gasteiger partial charge in [-0.15, -0.1) is 0 Å². The summed E-state index contributed by atoms with van der Waals surface area (Å²) in [6.07, 6.45) is -20.4. The van der Waals surface area contributed by atoms with Gasteiger partial charge in [-0.05, 0) is 20.8 Å². The second kappa shape index (κ2) is 9.77. The van der Waals surface area contributed by atoms with Crippen LogP contribution in [0.4, 0.5) is 0 Å². The first-order valence-electron chi connectivity index (χ1n) is 10.2. The summed E-state index contributed by atoms with van der Waals surface area (Å²) in [5.41, 5.74) is 0. The average Bonchev–Trinajstić information content (AvgIpc) is 2.72. The minimum atomic E-state index is -1.67. The van der Waals surface area contributed by atoms with Crippen LogP contribution < -0.4 is 0 Å². The van der Waals surface area contributed by atoms with Gasteiger partial charge in [0.2, 0.25) is 0 Å². The van der Waals surface area contributed by atoms with Crippen LogP contribution >= 0.6 is 0 Å². The number of hydrogen-bond donors (Lipinski definition) is 8. The number of aliphatic hydroxyl groups is 8. The molecule has 0 aromatic rings. The molecule has 0 bridgehead atoms. The SMILES string of the molecule is C[C@@H]1O[C@H](O[C@@H]2[C@@H](O)[C@@H](O)[C@@H](O[C@@H]3[C@@H](O)[C@@H](O)[C@H](O)O[C@H]3C)O[C@H]2C)[C@H](O)[C@H](O)[C@H]1O. The highest BCUT2D eigenvalue weighted by molar-refractivity contribution is 4.94. The van der Waals surface area contributed by atoms with E-state index in [0.29, 0.717) is 0 Å². The molecule has 3 saturated heterocycles. The summed E-state index contributed by atoms with van der Waals surface area (Å²) in [5, 5.41) is 80.4. The van der Waals surface area contributed by atoms with Gasteiger partial charge in [-0.25, -0.2) is 0 Å². The largest absolute Gasteiger partial charge is 0.388 e. The molecular formula is C18H32O13. The Morgan fingerprint density at radius 3 is 1.42 bits per heavy atom. The quantitative estimate of drug-likeness (QED) is 0.201. The number of aliphatic hydroxyl groups excluding tert-OH is 8. The zero-order valence-electron chi connectivity index (χ0n) is 17.3. The molecule has 15 atom stereocenters. The van der Waals surface area contributed by atoms with Crippen LogP contribution in [-0.2, 0) is 23.7 Å². The summed E-state index contributed by atoms with van der Waals surface area (Å²) in [6, 6.07) is 0. The molecule has 8 N–H and O–H groups in total. The fourth-order valence-corrected chi connectivity index (χ4v) is 3.95. The van der Waals surface area contributed by atoms with Gasteiger partial charge in [0, 0.05) is 0 Å². The van der Waals surface area contributed by atoms with Gasteiger partial charge in [-0.2, -0.15) is 0 Å². The summed E-state index contributed by atoms with van der Waals surface area (Å²) in [5.74, 6) is 0. The van der Waals surface area contributed by atoms with Crippen LogP contribution in [-0.4, -0.2) is 133 Å². The molecule has 0 spiro atoms. The second-order valence-corrected chi connectivity index (χ2v) is 8.29. The number of ether oxygens (including phenoxy) is 5. The predicted octanol–water partition coefficient (Wildman–Crippen LogP) is -4.49. The molecule has 13 heteroatoms. The molecule has 3 aliphatic heterocycles. The van der Waals surface area contributed by atoms with E-state index in [0.717, 1.165) is 0 Å². The maximum Gasteiger partial charge on any atom is 0.187 e. The van der Waals surface area contributed by atoms with Gasteiger partial charge in [0.25, 0.3) is 0 Å². The molecule has 3 fully saturated rings. The van der Waals surface area contributed by atoms with Crippen molar-refractivity contribution in [2.45, 2.75) is 113 Å². The Kier molecular flexibility index (Phi) is 7.91. The van der Waals surface area contributed by atoms with Crippen molar-refractivity contribution in [2.24, 2.45) is 0 Å². The van der Waals surface area contributed by atoms with E-state index < -0.39 is 92.1 Å².